The van der Waals surface area contributed by atoms with Gasteiger partial charge in [-0.2, -0.15) is 0 Å². The Labute approximate surface area is 178 Å². The highest BCUT2D eigenvalue weighted by atomic mass is 16.5. The molecule has 0 saturated carbocycles. The summed E-state index contributed by atoms with van der Waals surface area (Å²) in [5, 5.41) is 3.28. The number of benzene rings is 1. The Hall–Kier alpha value is -2.64. The SMILES string of the molecule is CCOc1ccc(Nc2ncccc2C(=O)N2CCN(C[C@H]3CCCO3)CC2)cc1. The highest BCUT2D eigenvalue weighted by molar-refractivity contribution is 5.99. The van der Waals surface area contributed by atoms with Crippen LogP contribution < -0.4 is 10.1 Å². The lowest BCUT2D eigenvalue weighted by Crippen LogP contribution is -2.50. The maximum atomic E-state index is 13.2. The molecule has 3 heterocycles. The summed E-state index contributed by atoms with van der Waals surface area (Å²) in [6.07, 6.45) is 4.37. The molecule has 1 aromatic heterocycles. The molecule has 0 unspecified atom stereocenters. The van der Waals surface area contributed by atoms with Gasteiger partial charge >= 0.3 is 0 Å². The molecule has 0 bridgehead atoms. The fraction of sp³-hybridized carbons (Fsp3) is 0.478. The summed E-state index contributed by atoms with van der Waals surface area (Å²) in [5.74, 6) is 1.42. The van der Waals surface area contributed by atoms with E-state index in [0.29, 0.717) is 24.1 Å². The van der Waals surface area contributed by atoms with E-state index in [9.17, 15) is 4.79 Å². The van der Waals surface area contributed by atoms with Gasteiger partial charge in [0.1, 0.15) is 11.6 Å². The average Bonchev–Trinajstić information content (AvgIpc) is 3.29. The fourth-order valence-corrected chi connectivity index (χ4v) is 4.00. The van der Waals surface area contributed by atoms with Gasteiger partial charge < -0.3 is 19.7 Å². The highest BCUT2D eigenvalue weighted by Gasteiger charge is 2.26. The minimum atomic E-state index is 0.0216. The molecule has 2 aliphatic heterocycles. The summed E-state index contributed by atoms with van der Waals surface area (Å²) in [4.78, 5) is 21.9. The molecule has 2 fully saturated rings. The van der Waals surface area contributed by atoms with Crippen molar-refractivity contribution in [1.82, 2.24) is 14.8 Å². The smallest absolute Gasteiger partial charge is 0.257 e. The van der Waals surface area contributed by atoms with Crippen LogP contribution in [-0.4, -0.2) is 72.7 Å². The second kappa shape index (κ2) is 9.91. The van der Waals surface area contributed by atoms with Crippen LogP contribution in [0.3, 0.4) is 0 Å². The van der Waals surface area contributed by atoms with Crippen LogP contribution in [0.15, 0.2) is 42.6 Å². The normalized spacial score (nSPS) is 19.6. The number of rotatable bonds is 7. The van der Waals surface area contributed by atoms with Gasteiger partial charge in [-0.1, -0.05) is 0 Å². The molecule has 7 heteroatoms. The number of ether oxygens (including phenoxy) is 2. The van der Waals surface area contributed by atoms with Crippen molar-refractivity contribution in [3.8, 4) is 5.75 Å². The van der Waals surface area contributed by atoms with Crippen LogP contribution in [0.2, 0.25) is 0 Å². The van der Waals surface area contributed by atoms with Gasteiger partial charge in [0.25, 0.3) is 5.91 Å². The Balaban J connectivity index is 1.37. The first-order valence-corrected chi connectivity index (χ1v) is 10.8. The Bertz CT molecular complexity index is 829. The van der Waals surface area contributed by atoms with Crippen LogP contribution in [0.25, 0.3) is 0 Å². The number of nitrogens with zero attached hydrogens (tertiary/aromatic N) is 3. The monoisotopic (exact) mass is 410 g/mol. The van der Waals surface area contributed by atoms with E-state index >= 15 is 0 Å². The van der Waals surface area contributed by atoms with Crippen molar-refractivity contribution in [2.75, 3.05) is 51.3 Å². The number of pyridine rings is 1. The van der Waals surface area contributed by atoms with E-state index in [4.69, 9.17) is 9.47 Å². The van der Waals surface area contributed by atoms with Crippen LogP contribution in [0.4, 0.5) is 11.5 Å². The number of hydrogen-bond donors (Lipinski definition) is 1. The zero-order valence-electron chi connectivity index (χ0n) is 17.5. The highest BCUT2D eigenvalue weighted by Crippen LogP contribution is 2.23. The standard InChI is InChI=1S/C23H30N4O3/c1-2-29-19-9-7-18(8-10-19)25-22-21(6-3-11-24-22)23(28)27-14-12-26(13-15-27)17-20-5-4-16-30-20/h3,6-11,20H,2,4-5,12-17H2,1H3,(H,24,25)/t20-/m1/s1. The van der Waals surface area contributed by atoms with Crippen molar-refractivity contribution in [2.24, 2.45) is 0 Å². The number of anilines is 2. The van der Waals surface area contributed by atoms with Crippen molar-refractivity contribution in [3.05, 3.63) is 48.2 Å². The summed E-state index contributed by atoms with van der Waals surface area (Å²) in [6.45, 7) is 7.66. The second-order valence-electron chi connectivity index (χ2n) is 7.71. The average molecular weight is 411 g/mol. The predicted octanol–water partition coefficient (Wildman–Crippen LogP) is 3.16. The van der Waals surface area contributed by atoms with Crippen LogP contribution in [0, 0.1) is 0 Å². The first-order chi connectivity index (χ1) is 14.7. The lowest BCUT2D eigenvalue weighted by Gasteiger charge is -2.35. The molecule has 7 nitrogen and oxygen atoms in total. The van der Waals surface area contributed by atoms with Gasteiger partial charge in [-0.3, -0.25) is 9.69 Å². The van der Waals surface area contributed by atoms with E-state index in [0.717, 1.165) is 63.6 Å². The van der Waals surface area contributed by atoms with E-state index < -0.39 is 0 Å². The molecule has 2 saturated heterocycles. The van der Waals surface area contributed by atoms with Crippen LogP contribution in [-0.2, 0) is 4.74 Å². The zero-order chi connectivity index (χ0) is 20.8. The molecule has 1 aromatic carbocycles. The molecule has 1 amide bonds. The summed E-state index contributed by atoms with van der Waals surface area (Å²) >= 11 is 0. The zero-order valence-corrected chi connectivity index (χ0v) is 17.5. The molecule has 1 atom stereocenters. The van der Waals surface area contributed by atoms with Gasteiger partial charge in [0.15, 0.2) is 0 Å². The van der Waals surface area contributed by atoms with Crippen LogP contribution in [0.1, 0.15) is 30.1 Å². The summed E-state index contributed by atoms with van der Waals surface area (Å²) in [5.41, 5.74) is 1.46. The fourth-order valence-electron chi connectivity index (χ4n) is 4.00. The molecule has 0 spiro atoms. The van der Waals surface area contributed by atoms with Gasteiger partial charge in [0, 0.05) is 51.2 Å². The van der Waals surface area contributed by atoms with Crippen molar-refractivity contribution >= 4 is 17.4 Å². The molecule has 0 radical (unpaired) electrons. The number of carbonyl (C=O) groups excluding carboxylic acids is 1. The summed E-state index contributed by atoms with van der Waals surface area (Å²) in [7, 11) is 0. The van der Waals surface area contributed by atoms with Gasteiger partial charge in [0.05, 0.1) is 18.3 Å². The first kappa shape index (κ1) is 20.6. The number of nitrogens with one attached hydrogen (secondary N) is 1. The molecule has 160 valence electrons. The Morgan fingerprint density at radius 3 is 2.70 bits per heavy atom. The Kier molecular flexibility index (Phi) is 6.81. The second-order valence-corrected chi connectivity index (χ2v) is 7.71. The number of aromatic nitrogens is 1. The van der Waals surface area contributed by atoms with Crippen molar-refractivity contribution in [2.45, 2.75) is 25.9 Å². The number of amides is 1. The van der Waals surface area contributed by atoms with E-state index in [2.05, 4.69) is 15.2 Å². The molecule has 2 aromatic rings. The van der Waals surface area contributed by atoms with E-state index in [1.807, 2.05) is 48.2 Å². The maximum absolute atomic E-state index is 13.2. The molecular weight excluding hydrogens is 380 g/mol. The molecule has 1 N–H and O–H groups in total. The molecule has 4 rings (SSSR count). The summed E-state index contributed by atoms with van der Waals surface area (Å²) < 4.78 is 11.2. The Morgan fingerprint density at radius 2 is 2.00 bits per heavy atom. The number of hydrogen-bond acceptors (Lipinski definition) is 6. The number of piperazine rings is 1. The third-order valence-electron chi connectivity index (χ3n) is 5.61. The Morgan fingerprint density at radius 1 is 1.20 bits per heavy atom. The largest absolute Gasteiger partial charge is 0.494 e. The molecular formula is C23H30N4O3. The van der Waals surface area contributed by atoms with Crippen LogP contribution in [0.5, 0.6) is 5.75 Å². The lowest BCUT2D eigenvalue weighted by molar-refractivity contribution is 0.0433. The minimum Gasteiger partial charge on any atom is -0.494 e. The van der Waals surface area contributed by atoms with Gasteiger partial charge in [-0.15, -0.1) is 0 Å². The molecule has 2 aliphatic rings. The van der Waals surface area contributed by atoms with E-state index in [1.54, 1.807) is 6.20 Å². The van der Waals surface area contributed by atoms with Crippen molar-refractivity contribution < 1.29 is 14.3 Å². The van der Waals surface area contributed by atoms with Gasteiger partial charge in [0.2, 0.25) is 0 Å². The summed E-state index contributed by atoms with van der Waals surface area (Å²) in [6, 6.07) is 11.3. The van der Waals surface area contributed by atoms with Gasteiger partial charge in [-0.25, -0.2) is 4.98 Å². The topological polar surface area (TPSA) is 66.9 Å². The van der Waals surface area contributed by atoms with E-state index in [1.165, 1.54) is 0 Å². The molecule has 30 heavy (non-hydrogen) atoms. The maximum Gasteiger partial charge on any atom is 0.257 e. The molecule has 0 aliphatic carbocycles. The predicted molar refractivity (Wildman–Crippen MR) is 116 cm³/mol. The van der Waals surface area contributed by atoms with Crippen LogP contribution >= 0.6 is 0 Å². The lowest BCUT2D eigenvalue weighted by atomic mass is 10.1. The number of carbonyl (C=O) groups is 1. The third-order valence-corrected chi connectivity index (χ3v) is 5.61. The van der Waals surface area contributed by atoms with Gasteiger partial charge in [-0.05, 0) is 56.2 Å². The van der Waals surface area contributed by atoms with Crippen molar-refractivity contribution in [3.63, 3.8) is 0 Å². The van der Waals surface area contributed by atoms with Crippen molar-refractivity contribution in [1.29, 1.82) is 0 Å². The minimum absolute atomic E-state index is 0.0216. The quantitative estimate of drug-likeness (QED) is 0.756. The third kappa shape index (κ3) is 5.09. The van der Waals surface area contributed by atoms with E-state index in [-0.39, 0.29) is 5.91 Å². The first-order valence-electron chi connectivity index (χ1n) is 10.8.